The molecule has 0 aliphatic carbocycles. The van der Waals surface area contributed by atoms with Gasteiger partial charge in [0.15, 0.2) is 0 Å². The number of sulfonamides is 1. The van der Waals surface area contributed by atoms with E-state index in [-0.39, 0.29) is 18.2 Å². The zero-order chi connectivity index (χ0) is 17.9. The number of hydrogen-bond acceptors (Lipinski definition) is 4. The molecule has 0 saturated heterocycles. The molecular weight excluding hydrogens is 368 g/mol. The molecule has 0 saturated carbocycles. The zero-order valence-corrected chi connectivity index (χ0v) is 14.6. The van der Waals surface area contributed by atoms with Crippen molar-refractivity contribution in [1.29, 1.82) is 0 Å². The average Bonchev–Trinajstić information content (AvgIpc) is 3.25. The lowest BCUT2D eigenvalue weighted by molar-refractivity contribution is 0.505. The molecule has 0 aliphatic rings. The zero-order valence-electron chi connectivity index (χ0n) is 13.0. The van der Waals surface area contributed by atoms with Crippen molar-refractivity contribution in [2.24, 2.45) is 0 Å². The Hall–Kier alpha value is -2.10. The normalized spacial score (nSPS) is 13.0. The molecule has 3 aromatic rings. The summed E-state index contributed by atoms with van der Waals surface area (Å²) in [5, 5.41) is 7.96. The molecular formula is C16H15F2N3O2S2. The van der Waals surface area contributed by atoms with Gasteiger partial charge in [0.2, 0.25) is 10.0 Å². The molecule has 1 aromatic carbocycles. The van der Waals surface area contributed by atoms with Gasteiger partial charge in [-0.25, -0.2) is 21.9 Å². The number of nitrogens with one attached hydrogen (secondary N) is 1. The summed E-state index contributed by atoms with van der Waals surface area (Å²) in [7, 11) is -3.85. The minimum Gasteiger partial charge on any atom is -0.264 e. The highest BCUT2D eigenvalue weighted by molar-refractivity contribution is 7.88. The van der Waals surface area contributed by atoms with Crippen LogP contribution in [0.25, 0.3) is 0 Å². The predicted octanol–water partition coefficient (Wildman–Crippen LogP) is 2.93. The van der Waals surface area contributed by atoms with E-state index in [1.807, 2.05) is 16.8 Å². The van der Waals surface area contributed by atoms with Gasteiger partial charge < -0.3 is 0 Å². The highest BCUT2D eigenvalue weighted by atomic mass is 32.2. The standard InChI is InChI=1S/C16H15F2N3O2S2/c17-14-2-3-15(18)13(8-14)11-25(22,23)20-9-16(12-4-7-24-10-12)21-6-1-5-19-21/h1-8,10,16,20H,9,11H2/t16-/m0/s1. The van der Waals surface area contributed by atoms with Crippen molar-refractivity contribution >= 4 is 21.4 Å². The second-order valence-corrected chi connectivity index (χ2v) is 7.99. The Bertz CT molecular complexity index is 892. The number of halogens is 2. The fourth-order valence-corrected chi connectivity index (χ4v) is 4.26. The largest absolute Gasteiger partial charge is 0.264 e. The van der Waals surface area contributed by atoms with Crippen molar-refractivity contribution in [1.82, 2.24) is 14.5 Å². The first kappa shape index (κ1) is 17.7. The molecule has 0 fully saturated rings. The third-order valence-electron chi connectivity index (χ3n) is 3.62. The van der Waals surface area contributed by atoms with Crippen molar-refractivity contribution < 1.29 is 17.2 Å². The molecule has 1 N–H and O–H groups in total. The molecule has 2 aromatic heterocycles. The SMILES string of the molecule is O=S(=O)(Cc1cc(F)ccc1F)NC[C@@H](c1ccsc1)n1cccn1. The van der Waals surface area contributed by atoms with E-state index in [4.69, 9.17) is 0 Å². The first-order valence-corrected chi connectivity index (χ1v) is 9.96. The van der Waals surface area contributed by atoms with Crippen LogP contribution in [0, 0.1) is 11.6 Å². The van der Waals surface area contributed by atoms with Crippen LogP contribution in [-0.4, -0.2) is 24.7 Å². The van der Waals surface area contributed by atoms with Gasteiger partial charge in [0, 0.05) is 24.5 Å². The van der Waals surface area contributed by atoms with E-state index in [0.29, 0.717) is 0 Å². The van der Waals surface area contributed by atoms with E-state index in [9.17, 15) is 17.2 Å². The lowest BCUT2D eigenvalue weighted by Gasteiger charge is -2.17. The van der Waals surface area contributed by atoms with Crippen molar-refractivity contribution in [3.05, 3.63) is 76.2 Å². The minimum atomic E-state index is -3.85. The molecule has 3 rings (SSSR count). The number of hydrogen-bond donors (Lipinski definition) is 1. The Kier molecular flexibility index (Phi) is 5.26. The van der Waals surface area contributed by atoms with E-state index in [1.165, 1.54) is 11.3 Å². The van der Waals surface area contributed by atoms with E-state index in [2.05, 4.69) is 9.82 Å². The van der Waals surface area contributed by atoms with E-state index in [0.717, 1.165) is 23.8 Å². The van der Waals surface area contributed by atoms with Crippen LogP contribution in [0.4, 0.5) is 8.78 Å². The lowest BCUT2D eigenvalue weighted by atomic mass is 10.1. The van der Waals surface area contributed by atoms with Gasteiger partial charge in [0.1, 0.15) is 11.6 Å². The fourth-order valence-electron chi connectivity index (χ4n) is 2.41. The smallest absolute Gasteiger partial charge is 0.215 e. The maximum Gasteiger partial charge on any atom is 0.215 e. The van der Waals surface area contributed by atoms with Crippen LogP contribution in [0.3, 0.4) is 0 Å². The number of aromatic nitrogens is 2. The Balaban J connectivity index is 1.75. The summed E-state index contributed by atoms with van der Waals surface area (Å²) in [5.41, 5.74) is 0.701. The highest BCUT2D eigenvalue weighted by Crippen LogP contribution is 2.20. The van der Waals surface area contributed by atoms with Crippen LogP contribution in [0.15, 0.2) is 53.5 Å². The number of rotatable bonds is 7. The third-order valence-corrected chi connectivity index (χ3v) is 5.62. The Morgan fingerprint density at radius 3 is 2.80 bits per heavy atom. The summed E-state index contributed by atoms with van der Waals surface area (Å²) in [4.78, 5) is 0. The van der Waals surface area contributed by atoms with Gasteiger partial charge >= 0.3 is 0 Å². The second kappa shape index (κ2) is 7.42. The summed E-state index contributed by atoms with van der Waals surface area (Å²) in [6.07, 6.45) is 3.35. The first-order valence-electron chi connectivity index (χ1n) is 7.37. The Morgan fingerprint density at radius 2 is 2.12 bits per heavy atom. The number of benzene rings is 1. The van der Waals surface area contributed by atoms with Crippen LogP contribution in [0.1, 0.15) is 17.2 Å². The topological polar surface area (TPSA) is 64.0 Å². The van der Waals surface area contributed by atoms with Gasteiger partial charge in [-0.1, -0.05) is 0 Å². The summed E-state index contributed by atoms with van der Waals surface area (Å²) < 4.78 is 55.6. The molecule has 0 unspecified atom stereocenters. The van der Waals surface area contributed by atoms with E-state index >= 15 is 0 Å². The molecule has 9 heteroatoms. The van der Waals surface area contributed by atoms with Crippen LogP contribution in [0.2, 0.25) is 0 Å². The van der Waals surface area contributed by atoms with Crippen LogP contribution in [-0.2, 0) is 15.8 Å². The molecule has 2 heterocycles. The summed E-state index contributed by atoms with van der Waals surface area (Å²) >= 11 is 1.50. The van der Waals surface area contributed by atoms with Gasteiger partial charge in [0.25, 0.3) is 0 Å². The van der Waals surface area contributed by atoms with Gasteiger partial charge in [0.05, 0.1) is 11.8 Å². The molecule has 132 valence electrons. The van der Waals surface area contributed by atoms with E-state index < -0.39 is 27.4 Å². The maximum atomic E-state index is 13.7. The highest BCUT2D eigenvalue weighted by Gasteiger charge is 2.20. The molecule has 5 nitrogen and oxygen atoms in total. The summed E-state index contributed by atoms with van der Waals surface area (Å²) in [6, 6.07) is 6.06. The van der Waals surface area contributed by atoms with Crippen molar-refractivity contribution in [2.75, 3.05) is 6.54 Å². The number of nitrogens with zero attached hydrogens (tertiary/aromatic N) is 2. The van der Waals surface area contributed by atoms with Gasteiger partial charge in [-0.3, -0.25) is 4.68 Å². The molecule has 0 spiro atoms. The molecule has 25 heavy (non-hydrogen) atoms. The number of thiophene rings is 1. The fraction of sp³-hybridized carbons (Fsp3) is 0.188. The summed E-state index contributed by atoms with van der Waals surface area (Å²) in [6.45, 7) is 0.0533. The van der Waals surface area contributed by atoms with E-state index in [1.54, 1.807) is 23.1 Å². The monoisotopic (exact) mass is 383 g/mol. The third kappa shape index (κ3) is 4.50. The first-order chi connectivity index (χ1) is 11.9. The molecule has 1 atom stereocenters. The minimum absolute atomic E-state index is 0.0533. The van der Waals surface area contributed by atoms with Gasteiger partial charge in [-0.2, -0.15) is 16.4 Å². The van der Waals surface area contributed by atoms with Crippen LogP contribution >= 0.6 is 11.3 Å². The Morgan fingerprint density at radius 1 is 1.28 bits per heavy atom. The molecule has 0 radical (unpaired) electrons. The van der Waals surface area contributed by atoms with Crippen LogP contribution in [0.5, 0.6) is 0 Å². The van der Waals surface area contributed by atoms with Gasteiger partial charge in [-0.05, 0) is 46.7 Å². The summed E-state index contributed by atoms with van der Waals surface area (Å²) in [5.74, 6) is -2.07. The average molecular weight is 383 g/mol. The van der Waals surface area contributed by atoms with Gasteiger partial charge in [-0.15, -0.1) is 0 Å². The van der Waals surface area contributed by atoms with Crippen molar-refractivity contribution in [3.63, 3.8) is 0 Å². The van der Waals surface area contributed by atoms with Crippen molar-refractivity contribution in [2.45, 2.75) is 11.8 Å². The predicted molar refractivity (Wildman–Crippen MR) is 91.7 cm³/mol. The maximum absolute atomic E-state index is 13.7. The Labute approximate surface area is 148 Å². The molecule has 0 amide bonds. The lowest BCUT2D eigenvalue weighted by Crippen LogP contribution is -2.32. The molecule has 0 aliphatic heterocycles. The van der Waals surface area contributed by atoms with Crippen LogP contribution < -0.4 is 4.72 Å². The van der Waals surface area contributed by atoms with Crippen molar-refractivity contribution in [3.8, 4) is 0 Å². The molecule has 0 bridgehead atoms. The second-order valence-electron chi connectivity index (χ2n) is 5.40. The quantitative estimate of drug-likeness (QED) is 0.682.